The van der Waals surface area contributed by atoms with Gasteiger partial charge in [0.05, 0.1) is 11.6 Å². The van der Waals surface area contributed by atoms with Crippen LogP contribution in [0.4, 0.5) is 13.2 Å². The average Bonchev–Trinajstić information content (AvgIpc) is 2.41. The van der Waals surface area contributed by atoms with Gasteiger partial charge >= 0.3 is 6.18 Å². The van der Waals surface area contributed by atoms with E-state index in [1.54, 1.807) is 19.1 Å². The molecule has 2 heterocycles. The molecule has 4 nitrogen and oxygen atoms in total. The Morgan fingerprint density at radius 1 is 1.20 bits per heavy atom. The van der Waals surface area contributed by atoms with Gasteiger partial charge < -0.3 is 0 Å². The van der Waals surface area contributed by atoms with E-state index in [0.29, 0.717) is 5.56 Å². The summed E-state index contributed by atoms with van der Waals surface area (Å²) in [6, 6.07) is 3.50. The number of aryl methyl sites for hydroxylation is 1. The van der Waals surface area contributed by atoms with Gasteiger partial charge in [0.15, 0.2) is 0 Å². The Balaban J connectivity index is 2.50. The van der Waals surface area contributed by atoms with E-state index in [1.165, 1.54) is 6.20 Å². The highest BCUT2D eigenvalue weighted by Gasteiger charge is 2.35. The quantitative estimate of drug-likeness (QED) is 0.670. The molecule has 0 aromatic carbocycles. The number of rotatable bonds is 3. The molecule has 0 amide bonds. The smallest absolute Gasteiger partial charge is 0.271 e. The minimum absolute atomic E-state index is 0.0341. The van der Waals surface area contributed by atoms with Gasteiger partial charge in [0.25, 0.3) is 0 Å². The number of alkyl halides is 3. The fourth-order valence-corrected chi connectivity index (χ4v) is 1.91. The second-order valence-electron chi connectivity index (χ2n) is 4.29. The lowest BCUT2D eigenvalue weighted by atomic mass is 9.97. The molecule has 20 heavy (non-hydrogen) atoms. The zero-order valence-electron chi connectivity index (χ0n) is 10.6. The van der Waals surface area contributed by atoms with Crippen LogP contribution in [0.1, 0.15) is 28.4 Å². The lowest BCUT2D eigenvalue weighted by molar-refractivity contribution is -0.138. The lowest BCUT2D eigenvalue weighted by Gasteiger charge is -2.20. The van der Waals surface area contributed by atoms with Crippen molar-refractivity contribution in [1.82, 2.24) is 15.4 Å². The molecule has 0 fully saturated rings. The van der Waals surface area contributed by atoms with E-state index in [4.69, 9.17) is 5.84 Å². The first-order valence-corrected chi connectivity index (χ1v) is 5.83. The van der Waals surface area contributed by atoms with E-state index >= 15 is 0 Å². The molecule has 1 atom stereocenters. The monoisotopic (exact) mass is 282 g/mol. The highest BCUT2D eigenvalue weighted by Crippen LogP contribution is 2.35. The maximum Gasteiger partial charge on any atom is 0.416 e. The summed E-state index contributed by atoms with van der Waals surface area (Å²) in [5.41, 5.74) is 2.89. The first-order valence-electron chi connectivity index (χ1n) is 5.83. The van der Waals surface area contributed by atoms with Gasteiger partial charge in [-0.25, -0.2) is 5.43 Å². The van der Waals surface area contributed by atoms with Gasteiger partial charge in [-0.05, 0) is 24.6 Å². The summed E-state index contributed by atoms with van der Waals surface area (Å²) >= 11 is 0. The molecule has 0 radical (unpaired) electrons. The van der Waals surface area contributed by atoms with Crippen molar-refractivity contribution in [3.05, 3.63) is 59.2 Å². The second-order valence-corrected chi connectivity index (χ2v) is 4.29. The Bertz CT molecular complexity index is 581. The van der Waals surface area contributed by atoms with E-state index in [0.717, 1.165) is 24.2 Å². The maximum absolute atomic E-state index is 13.0. The van der Waals surface area contributed by atoms with Crippen LogP contribution >= 0.6 is 0 Å². The van der Waals surface area contributed by atoms with Crippen molar-refractivity contribution in [2.24, 2.45) is 5.84 Å². The predicted molar refractivity (Wildman–Crippen MR) is 67.4 cm³/mol. The van der Waals surface area contributed by atoms with E-state index in [-0.39, 0.29) is 5.56 Å². The number of pyridine rings is 2. The van der Waals surface area contributed by atoms with Crippen LogP contribution in [0.3, 0.4) is 0 Å². The van der Waals surface area contributed by atoms with Crippen molar-refractivity contribution in [3.8, 4) is 0 Å². The second kappa shape index (κ2) is 5.56. The summed E-state index contributed by atoms with van der Waals surface area (Å²) < 4.78 is 39.0. The number of halogens is 3. The molecule has 0 spiro atoms. The molecule has 0 aliphatic rings. The minimum atomic E-state index is -4.47. The molecule has 2 aromatic rings. The summed E-state index contributed by atoms with van der Waals surface area (Å²) in [5, 5.41) is 0. The molecule has 1 unspecified atom stereocenters. The Morgan fingerprint density at radius 2 is 1.95 bits per heavy atom. The van der Waals surface area contributed by atoms with Gasteiger partial charge in [0.1, 0.15) is 0 Å². The van der Waals surface area contributed by atoms with Crippen molar-refractivity contribution in [2.45, 2.75) is 19.1 Å². The number of nitrogens with one attached hydrogen (secondary N) is 1. The van der Waals surface area contributed by atoms with Crippen molar-refractivity contribution in [3.63, 3.8) is 0 Å². The number of hydrazine groups is 1. The molecule has 0 bridgehead atoms. The summed E-state index contributed by atoms with van der Waals surface area (Å²) in [4.78, 5) is 7.82. The highest BCUT2D eigenvalue weighted by molar-refractivity contribution is 5.36. The molecule has 2 aromatic heterocycles. The van der Waals surface area contributed by atoms with E-state index in [2.05, 4.69) is 15.4 Å². The first kappa shape index (κ1) is 14.4. The Hall–Kier alpha value is -1.99. The van der Waals surface area contributed by atoms with Crippen LogP contribution in [-0.4, -0.2) is 9.97 Å². The molecule has 0 aliphatic carbocycles. The van der Waals surface area contributed by atoms with Crippen molar-refractivity contribution < 1.29 is 13.2 Å². The van der Waals surface area contributed by atoms with Crippen LogP contribution in [0.5, 0.6) is 0 Å². The maximum atomic E-state index is 13.0. The molecular weight excluding hydrogens is 269 g/mol. The van der Waals surface area contributed by atoms with Gasteiger partial charge in [0.2, 0.25) is 0 Å². The van der Waals surface area contributed by atoms with Crippen LogP contribution in [0.25, 0.3) is 0 Å². The van der Waals surface area contributed by atoms with Crippen molar-refractivity contribution in [2.75, 3.05) is 0 Å². The molecule has 2 rings (SSSR count). The summed E-state index contributed by atoms with van der Waals surface area (Å²) in [7, 11) is 0. The zero-order chi connectivity index (χ0) is 14.8. The fraction of sp³-hybridized carbons (Fsp3) is 0.231. The number of aromatic nitrogens is 2. The third kappa shape index (κ3) is 2.94. The third-order valence-electron chi connectivity index (χ3n) is 2.90. The van der Waals surface area contributed by atoms with E-state index < -0.39 is 17.8 Å². The molecule has 7 heteroatoms. The third-order valence-corrected chi connectivity index (χ3v) is 2.90. The van der Waals surface area contributed by atoms with E-state index in [9.17, 15) is 13.2 Å². The highest BCUT2D eigenvalue weighted by atomic mass is 19.4. The predicted octanol–water partition coefficient (Wildman–Crippen LogP) is 2.36. The molecule has 3 N–H and O–H groups in total. The number of nitrogens with zero attached hydrogens (tertiary/aromatic N) is 2. The largest absolute Gasteiger partial charge is 0.416 e. The number of nitrogens with two attached hydrogens (primary N) is 1. The van der Waals surface area contributed by atoms with Gasteiger partial charge in [-0.2, -0.15) is 13.2 Å². The van der Waals surface area contributed by atoms with Crippen LogP contribution in [0, 0.1) is 6.92 Å². The van der Waals surface area contributed by atoms with Crippen LogP contribution < -0.4 is 11.3 Å². The minimum Gasteiger partial charge on any atom is -0.271 e. The average molecular weight is 282 g/mol. The summed E-state index contributed by atoms with van der Waals surface area (Å²) in [5.74, 6) is 5.41. The van der Waals surface area contributed by atoms with Crippen LogP contribution in [0.2, 0.25) is 0 Å². The molecule has 106 valence electrons. The normalized spacial score (nSPS) is 13.2. The van der Waals surface area contributed by atoms with Crippen molar-refractivity contribution in [1.29, 1.82) is 0 Å². The zero-order valence-corrected chi connectivity index (χ0v) is 10.6. The van der Waals surface area contributed by atoms with Crippen LogP contribution in [-0.2, 0) is 6.18 Å². The van der Waals surface area contributed by atoms with Gasteiger partial charge in [-0.1, -0.05) is 6.07 Å². The molecular formula is C13H13F3N4. The number of hydrogen-bond acceptors (Lipinski definition) is 4. The SMILES string of the molecule is Cc1ccc(C(NN)c2cnccc2C(F)(F)F)cn1. The molecule has 0 saturated carbocycles. The fourth-order valence-electron chi connectivity index (χ4n) is 1.91. The summed E-state index contributed by atoms with van der Waals surface area (Å²) in [6.45, 7) is 1.79. The standard InChI is InChI=1S/C13H13F3N4/c1-8-2-3-9(6-19-8)12(20-17)10-7-18-5-4-11(10)13(14,15)16/h2-7,12,20H,17H2,1H3. The van der Waals surface area contributed by atoms with Gasteiger partial charge in [-0.15, -0.1) is 0 Å². The summed E-state index contributed by atoms with van der Waals surface area (Å²) in [6.07, 6.45) is -0.709. The molecule has 0 aliphatic heterocycles. The van der Waals surface area contributed by atoms with Gasteiger partial charge in [0, 0.05) is 29.8 Å². The van der Waals surface area contributed by atoms with Crippen LogP contribution in [0.15, 0.2) is 36.8 Å². The van der Waals surface area contributed by atoms with Crippen molar-refractivity contribution >= 4 is 0 Å². The molecule has 0 saturated heterocycles. The number of hydrogen-bond donors (Lipinski definition) is 2. The van der Waals surface area contributed by atoms with E-state index in [1.807, 2.05) is 0 Å². The van der Waals surface area contributed by atoms with Gasteiger partial charge in [-0.3, -0.25) is 15.8 Å². The Labute approximate surface area is 113 Å². The first-order chi connectivity index (χ1) is 9.43. The Morgan fingerprint density at radius 3 is 2.50 bits per heavy atom. The Kier molecular flexibility index (Phi) is 4.01. The topological polar surface area (TPSA) is 63.8 Å². The lowest BCUT2D eigenvalue weighted by Crippen LogP contribution is -2.30.